The third-order valence-electron chi connectivity index (χ3n) is 3.14. The Labute approximate surface area is 114 Å². The lowest BCUT2D eigenvalue weighted by molar-refractivity contribution is -0.140. The summed E-state index contributed by atoms with van der Waals surface area (Å²) in [6, 6.07) is 0. The molecule has 1 aromatic heterocycles. The second-order valence-corrected chi connectivity index (χ2v) is 7.04. The number of hydrogen-bond acceptors (Lipinski definition) is 7. The Morgan fingerprint density at radius 1 is 1.39 bits per heavy atom. The van der Waals surface area contributed by atoms with Crippen LogP contribution < -0.4 is 4.90 Å². The quantitative estimate of drug-likeness (QED) is 0.791. The molecule has 0 aromatic carbocycles. The van der Waals surface area contributed by atoms with E-state index in [1.165, 1.54) is 24.6 Å². The van der Waals surface area contributed by atoms with Crippen molar-refractivity contribution in [2.45, 2.75) is 41.9 Å². The van der Waals surface area contributed by atoms with Gasteiger partial charge in [0.05, 0.1) is 0 Å². The Morgan fingerprint density at radius 2 is 2.17 bits per heavy atom. The van der Waals surface area contributed by atoms with Crippen LogP contribution in [0.1, 0.15) is 26.2 Å². The van der Waals surface area contributed by atoms with E-state index in [1.54, 1.807) is 11.3 Å². The third-order valence-corrected chi connectivity index (χ3v) is 5.41. The average molecular weight is 285 g/mol. The van der Waals surface area contributed by atoms with Crippen molar-refractivity contribution in [2.75, 3.05) is 18.0 Å². The minimum atomic E-state index is -0.120. The van der Waals surface area contributed by atoms with Crippen LogP contribution in [-0.2, 0) is 9.53 Å². The molecule has 1 aromatic rings. The number of thioether (sulfide) groups is 1. The first kappa shape index (κ1) is 12.2. The fourth-order valence-corrected chi connectivity index (χ4v) is 4.47. The maximum absolute atomic E-state index is 11.6. The van der Waals surface area contributed by atoms with E-state index >= 15 is 0 Å². The second-order valence-electron chi connectivity index (χ2n) is 4.63. The highest BCUT2D eigenvalue weighted by molar-refractivity contribution is 8.02. The van der Waals surface area contributed by atoms with E-state index in [0.717, 1.165) is 29.0 Å². The van der Waals surface area contributed by atoms with Gasteiger partial charge in [0.1, 0.15) is 11.4 Å². The van der Waals surface area contributed by atoms with Gasteiger partial charge in [-0.05, 0) is 19.8 Å². The number of anilines is 1. The van der Waals surface area contributed by atoms with Gasteiger partial charge < -0.3 is 9.64 Å². The lowest BCUT2D eigenvalue weighted by Gasteiger charge is -2.10. The number of esters is 1. The predicted octanol–water partition coefficient (Wildman–Crippen LogP) is 1.93. The second kappa shape index (κ2) is 5.05. The van der Waals surface area contributed by atoms with Gasteiger partial charge in [-0.3, -0.25) is 4.79 Å². The molecule has 2 fully saturated rings. The van der Waals surface area contributed by atoms with Crippen LogP contribution in [0.3, 0.4) is 0 Å². The van der Waals surface area contributed by atoms with Crippen LogP contribution in [0.4, 0.5) is 5.13 Å². The van der Waals surface area contributed by atoms with Crippen molar-refractivity contribution in [1.82, 2.24) is 10.2 Å². The van der Waals surface area contributed by atoms with Gasteiger partial charge >= 0.3 is 5.97 Å². The molecule has 2 aliphatic rings. The molecular formula is C11H15N3O2S2. The molecule has 2 aliphatic heterocycles. The Bertz CT molecular complexity index is 445. The molecular weight excluding hydrogens is 270 g/mol. The number of aromatic nitrogens is 2. The molecule has 2 saturated heterocycles. The van der Waals surface area contributed by atoms with E-state index < -0.39 is 0 Å². The maximum Gasteiger partial charge on any atom is 0.319 e. The molecule has 0 radical (unpaired) electrons. The fourth-order valence-electron chi connectivity index (χ4n) is 2.22. The van der Waals surface area contributed by atoms with Crippen LogP contribution in [0.15, 0.2) is 4.34 Å². The molecule has 7 heteroatoms. The number of cyclic esters (lactones) is 1. The Kier molecular flexibility index (Phi) is 3.43. The monoisotopic (exact) mass is 285 g/mol. The van der Waals surface area contributed by atoms with Gasteiger partial charge in [-0.2, -0.15) is 0 Å². The van der Waals surface area contributed by atoms with Gasteiger partial charge in [0.25, 0.3) is 0 Å². The first-order valence-corrected chi connectivity index (χ1v) is 7.87. The van der Waals surface area contributed by atoms with Crippen LogP contribution in [-0.4, -0.2) is 40.6 Å². The first-order valence-electron chi connectivity index (χ1n) is 6.18. The highest BCUT2D eigenvalue weighted by atomic mass is 32.2. The molecule has 3 rings (SSSR count). The zero-order chi connectivity index (χ0) is 12.5. The summed E-state index contributed by atoms with van der Waals surface area (Å²) in [5.41, 5.74) is 0. The smallest absolute Gasteiger partial charge is 0.319 e. The number of rotatable bonds is 3. The Balaban J connectivity index is 1.64. The number of carbonyl (C=O) groups is 1. The summed E-state index contributed by atoms with van der Waals surface area (Å²) in [6.07, 6.45) is 3.26. The molecule has 0 spiro atoms. The van der Waals surface area contributed by atoms with E-state index in [-0.39, 0.29) is 17.3 Å². The minimum Gasteiger partial charge on any atom is -0.462 e. The molecule has 0 amide bonds. The van der Waals surface area contributed by atoms with Crippen LogP contribution in [0.2, 0.25) is 0 Å². The van der Waals surface area contributed by atoms with Crippen molar-refractivity contribution in [1.29, 1.82) is 0 Å². The maximum atomic E-state index is 11.6. The van der Waals surface area contributed by atoms with Crippen molar-refractivity contribution in [2.24, 2.45) is 0 Å². The van der Waals surface area contributed by atoms with Gasteiger partial charge in [-0.25, -0.2) is 0 Å². The van der Waals surface area contributed by atoms with Gasteiger partial charge in [-0.15, -0.1) is 10.2 Å². The van der Waals surface area contributed by atoms with Crippen molar-refractivity contribution < 1.29 is 9.53 Å². The highest BCUT2D eigenvalue weighted by Crippen LogP contribution is 2.36. The zero-order valence-corrected chi connectivity index (χ0v) is 11.8. The minimum absolute atomic E-state index is 0.0287. The molecule has 0 bridgehead atoms. The standard InChI is InChI=1S/C11H15N3O2S2/c1-7-6-8(9(15)16-7)17-11-13-12-10(18-11)14-4-2-3-5-14/h7-8H,2-6H2,1H3/t7-,8-/m0/s1. The topological polar surface area (TPSA) is 55.3 Å². The van der Waals surface area contributed by atoms with Gasteiger partial charge in [0.15, 0.2) is 4.34 Å². The Morgan fingerprint density at radius 3 is 2.83 bits per heavy atom. The molecule has 5 nitrogen and oxygen atoms in total. The van der Waals surface area contributed by atoms with Crippen LogP contribution in [0.5, 0.6) is 0 Å². The fraction of sp³-hybridized carbons (Fsp3) is 0.727. The number of ether oxygens (including phenoxy) is 1. The van der Waals surface area contributed by atoms with Crippen molar-refractivity contribution in [3.8, 4) is 0 Å². The first-order chi connectivity index (χ1) is 8.72. The molecule has 98 valence electrons. The van der Waals surface area contributed by atoms with Crippen molar-refractivity contribution in [3.05, 3.63) is 0 Å². The van der Waals surface area contributed by atoms with E-state index in [1.807, 2.05) is 6.92 Å². The SMILES string of the molecule is C[C@H]1C[C@H](Sc2nnc(N3CCCC3)s2)C(=O)O1. The van der Waals surface area contributed by atoms with Crippen LogP contribution in [0.25, 0.3) is 0 Å². The molecule has 3 heterocycles. The summed E-state index contributed by atoms with van der Waals surface area (Å²) >= 11 is 3.07. The number of hydrogen-bond donors (Lipinski definition) is 0. The molecule has 0 unspecified atom stereocenters. The van der Waals surface area contributed by atoms with Crippen molar-refractivity contribution >= 4 is 34.2 Å². The number of nitrogens with zero attached hydrogens (tertiary/aromatic N) is 3. The lowest BCUT2D eigenvalue weighted by atomic mass is 10.3. The van der Waals surface area contributed by atoms with Crippen molar-refractivity contribution in [3.63, 3.8) is 0 Å². The molecule has 18 heavy (non-hydrogen) atoms. The van der Waals surface area contributed by atoms with E-state index in [0.29, 0.717) is 0 Å². The molecule has 0 aliphatic carbocycles. The summed E-state index contributed by atoms with van der Waals surface area (Å²) in [5, 5.41) is 9.24. The Hall–Kier alpha value is -0.820. The normalized spacial score (nSPS) is 27.8. The van der Waals surface area contributed by atoms with Crippen LogP contribution >= 0.6 is 23.1 Å². The summed E-state index contributed by atoms with van der Waals surface area (Å²) in [4.78, 5) is 13.8. The molecule has 0 saturated carbocycles. The highest BCUT2D eigenvalue weighted by Gasteiger charge is 2.33. The van der Waals surface area contributed by atoms with Gasteiger partial charge in [0.2, 0.25) is 5.13 Å². The van der Waals surface area contributed by atoms with Gasteiger partial charge in [-0.1, -0.05) is 23.1 Å². The molecule has 2 atom stereocenters. The zero-order valence-electron chi connectivity index (χ0n) is 10.2. The average Bonchev–Trinajstić information content (AvgIpc) is 3.02. The summed E-state index contributed by atoms with van der Waals surface area (Å²) in [7, 11) is 0. The summed E-state index contributed by atoms with van der Waals surface area (Å²) < 4.78 is 6.01. The van der Waals surface area contributed by atoms with Gasteiger partial charge in [0, 0.05) is 19.5 Å². The third kappa shape index (κ3) is 2.47. The van der Waals surface area contributed by atoms with Crippen LogP contribution in [0, 0.1) is 0 Å². The molecule has 0 N–H and O–H groups in total. The largest absolute Gasteiger partial charge is 0.462 e. The van der Waals surface area contributed by atoms with E-state index in [4.69, 9.17) is 4.74 Å². The lowest BCUT2D eigenvalue weighted by Crippen LogP contribution is -2.17. The number of carbonyl (C=O) groups excluding carboxylic acids is 1. The predicted molar refractivity (Wildman–Crippen MR) is 71.2 cm³/mol. The summed E-state index contributed by atoms with van der Waals surface area (Å²) in [5.74, 6) is -0.120. The van der Waals surface area contributed by atoms with E-state index in [9.17, 15) is 4.79 Å². The van der Waals surface area contributed by atoms with E-state index in [2.05, 4.69) is 15.1 Å². The summed E-state index contributed by atoms with van der Waals surface area (Å²) in [6.45, 7) is 4.07.